The van der Waals surface area contributed by atoms with Gasteiger partial charge in [-0.25, -0.2) is 4.98 Å². The van der Waals surface area contributed by atoms with Gasteiger partial charge in [-0.05, 0) is 26.8 Å². The van der Waals surface area contributed by atoms with Gasteiger partial charge < -0.3 is 10.1 Å². The Bertz CT molecular complexity index is 289. The van der Waals surface area contributed by atoms with Gasteiger partial charge >= 0.3 is 0 Å². The average Bonchev–Trinajstić information content (AvgIpc) is 2.18. The monoisotopic (exact) mass is 209 g/mol. The Labute approximate surface area is 91.1 Å². The molecule has 0 aromatic carbocycles. The lowest BCUT2D eigenvalue weighted by Gasteiger charge is -2.09. The summed E-state index contributed by atoms with van der Waals surface area (Å²) in [6, 6.07) is 0. The molecule has 0 saturated carbocycles. The summed E-state index contributed by atoms with van der Waals surface area (Å²) >= 11 is 0. The van der Waals surface area contributed by atoms with Crippen molar-refractivity contribution in [1.82, 2.24) is 15.3 Å². The van der Waals surface area contributed by atoms with Crippen LogP contribution in [-0.2, 0) is 6.54 Å². The van der Waals surface area contributed by atoms with Gasteiger partial charge in [-0.15, -0.1) is 0 Å². The summed E-state index contributed by atoms with van der Waals surface area (Å²) < 4.78 is 5.46. The number of aromatic nitrogens is 2. The van der Waals surface area contributed by atoms with E-state index in [9.17, 15) is 0 Å². The van der Waals surface area contributed by atoms with Crippen LogP contribution in [0, 0.1) is 0 Å². The Hall–Kier alpha value is -1.16. The molecule has 15 heavy (non-hydrogen) atoms. The zero-order valence-electron chi connectivity index (χ0n) is 9.66. The number of ether oxygens (including phenoxy) is 1. The third-order valence-electron chi connectivity index (χ3n) is 1.75. The van der Waals surface area contributed by atoms with Gasteiger partial charge in [0.1, 0.15) is 0 Å². The quantitative estimate of drug-likeness (QED) is 0.725. The van der Waals surface area contributed by atoms with Crippen LogP contribution >= 0.6 is 0 Å². The number of rotatable bonds is 6. The molecule has 1 heterocycles. The molecule has 0 aliphatic rings. The summed E-state index contributed by atoms with van der Waals surface area (Å²) in [5.41, 5.74) is 0.918. The first kappa shape index (κ1) is 11.9. The standard InChI is InChI=1S/C11H19N3O/c1-4-5-12-6-10-7-13-8-11(14-10)15-9(2)3/h7-9,12H,4-6H2,1-3H3. The lowest BCUT2D eigenvalue weighted by molar-refractivity contribution is 0.231. The van der Waals surface area contributed by atoms with Gasteiger partial charge in [0.05, 0.1) is 18.0 Å². The molecule has 0 aliphatic carbocycles. The largest absolute Gasteiger partial charge is 0.474 e. The molecule has 0 fully saturated rings. The molecule has 0 saturated heterocycles. The summed E-state index contributed by atoms with van der Waals surface area (Å²) in [6.45, 7) is 7.83. The molecular weight excluding hydrogens is 190 g/mol. The second kappa shape index (κ2) is 6.35. The molecule has 1 N–H and O–H groups in total. The Balaban J connectivity index is 2.50. The van der Waals surface area contributed by atoms with E-state index in [0.29, 0.717) is 5.88 Å². The van der Waals surface area contributed by atoms with E-state index in [2.05, 4.69) is 22.2 Å². The van der Waals surface area contributed by atoms with Crippen molar-refractivity contribution < 1.29 is 4.74 Å². The van der Waals surface area contributed by atoms with Crippen LogP contribution in [-0.4, -0.2) is 22.6 Å². The van der Waals surface area contributed by atoms with E-state index < -0.39 is 0 Å². The van der Waals surface area contributed by atoms with E-state index in [4.69, 9.17) is 4.74 Å². The molecule has 1 aromatic heterocycles. The molecule has 0 amide bonds. The van der Waals surface area contributed by atoms with Crippen LogP contribution in [0.3, 0.4) is 0 Å². The molecule has 4 nitrogen and oxygen atoms in total. The second-order valence-corrected chi connectivity index (χ2v) is 3.69. The van der Waals surface area contributed by atoms with Crippen molar-refractivity contribution in [3.63, 3.8) is 0 Å². The number of nitrogens with zero attached hydrogens (tertiary/aromatic N) is 2. The van der Waals surface area contributed by atoms with E-state index in [1.165, 1.54) is 0 Å². The van der Waals surface area contributed by atoms with Crippen LogP contribution in [0.1, 0.15) is 32.9 Å². The van der Waals surface area contributed by atoms with Crippen molar-refractivity contribution >= 4 is 0 Å². The Kier molecular flexibility index (Phi) is 5.04. The predicted molar refractivity (Wildman–Crippen MR) is 59.8 cm³/mol. The molecular formula is C11H19N3O. The fourth-order valence-electron chi connectivity index (χ4n) is 1.16. The molecule has 1 aromatic rings. The van der Waals surface area contributed by atoms with Gasteiger partial charge in [-0.1, -0.05) is 6.92 Å². The first-order valence-corrected chi connectivity index (χ1v) is 5.40. The first-order chi connectivity index (χ1) is 7.22. The Morgan fingerprint density at radius 1 is 1.40 bits per heavy atom. The topological polar surface area (TPSA) is 47.0 Å². The molecule has 1 rings (SSSR count). The summed E-state index contributed by atoms with van der Waals surface area (Å²) in [4.78, 5) is 8.43. The van der Waals surface area contributed by atoms with Gasteiger partial charge in [0, 0.05) is 12.7 Å². The lowest BCUT2D eigenvalue weighted by atomic mass is 10.4. The van der Waals surface area contributed by atoms with E-state index >= 15 is 0 Å². The van der Waals surface area contributed by atoms with Crippen LogP contribution in [0.15, 0.2) is 12.4 Å². The highest BCUT2D eigenvalue weighted by molar-refractivity contribution is 5.08. The molecule has 0 radical (unpaired) electrons. The molecule has 0 atom stereocenters. The van der Waals surface area contributed by atoms with Crippen molar-refractivity contribution in [3.05, 3.63) is 18.1 Å². The SMILES string of the molecule is CCCNCc1cncc(OC(C)C)n1. The van der Waals surface area contributed by atoms with Gasteiger partial charge in [0.25, 0.3) is 0 Å². The van der Waals surface area contributed by atoms with Crippen molar-refractivity contribution in [1.29, 1.82) is 0 Å². The number of hydrogen-bond acceptors (Lipinski definition) is 4. The maximum atomic E-state index is 5.46. The fourth-order valence-corrected chi connectivity index (χ4v) is 1.16. The predicted octanol–water partition coefficient (Wildman–Crippen LogP) is 1.76. The van der Waals surface area contributed by atoms with Crippen LogP contribution in [0.5, 0.6) is 5.88 Å². The molecule has 0 aliphatic heterocycles. The third kappa shape index (κ3) is 4.74. The molecule has 0 bridgehead atoms. The smallest absolute Gasteiger partial charge is 0.232 e. The van der Waals surface area contributed by atoms with E-state index in [-0.39, 0.29) is 6.10 Å². The van der Waals surface area contributed by atoms with Crippen molar-refractivity contribution in [2.75, 3.05) is 6.54 Å². The molecule has 4 heteroatoms. The van der Waals surface area contributed by atoms with Gasteiger partial charge in [0.2, 0.25) is 5.88 Å². The summed E-state index contributed by atoms with van der Waals surface area (Å²) in [6.07, 6.45) is 4.66. The average molecular weight is 209 g/mol. The highest BCUT2D eigenvalue weighted by atomic mass is 16.5. The minimum absolute atomic E-state index is 0.137. The Morgan fingerprint density at radius 2 is 2.20 bits per heavy atom. The minimum atomic E-state index is 0.137. The highest BCUT2D eigenvalue weighted by Gasteiger charge is 2.01. The third-order valence-corrected chi connectivity index (χ3v) is 1.75. The zero-order valence-corrected chi connectivity index (χ0v) is 9.66. The maximum Gasteiger partial charge on any atom is 0.232 e. The molecule has 0 unspecified atom stereocenters. The van der Waals surface area contributed by atoms with Crippen LogP contribution in [0.25, 0.3) is 0 Å². The van der Waals surface area contributed by atoms with Crippen LogP contribution in [0.2, 0.25) is 0 Å². The van der Waals surface area contributed by atoms with Crippen molar-refractivity contribution in [3.8, 4) is 5.88 Å². The van der Waals surface area contributed by atoms with Gasteiger partial charge in [-0.2, -0.15) is 0 Å². The fraction of sp³-hybridized carbons (Fsp3) is 0.636. The van der Waals surface area contributed by atoms with E-state index in [0.717, 1.165) is 25.2 Å². The van der Waals surface area contributed by atoms with Crippen molar-refractivity contribution in [2.45, 2.75) is 39.8 Å². The molecule has 0 spiro atoms. The van der Waals surface area contributed by atoms with Crippen molar-refractivity contribution in [2.24, 2.45) is 0 Å². The molecule has 84 valence electrons. The van der Waals surface area contributed by atoms with Crippen LogP contribution in [0.4, 0.5) is 0 Å². The lowest BCUT2D eigenvalue weighted by Crippen LogP contribution is -2.15. The Morgan fingerprint density at radius 3 is 2.87 bits per heavy atom. The number of hydrogen-bond donors (Lipinski definition) is 1. The highest BCUT2D eigenvalue weighted by Crippen LogP contribution is 2.07. The second-order valence-electron chi connectivity index (χ2n) is 3.69. The summed E-state index contributed by atoms with van der Waals surface area (Å²) in [7, 11) is 0. The summed E-state index contributed by atoms with van der Waals surface area (Å²) in [5.74, 6) is 0.598. The van der Waals surface area contributed by atoms with E-state index in [1.54, 1.807) is 12.4 Å². The normalized spacial score (nSPS) is 10.7. The van der Waals surface area contributed by atoms with Gasteiger partial charge in [0.15, 0.2) is 0 Å². The maximum absolute atomic E-state index is 5.46. The first-order valence-electron chi connectivity index (χ1n) is 5.40. The van der Waals surface area contributed by atoms with Gasteiger partial charge in [-0.3, -0.25) is 4.98 Å². The van der Waals surface area contributed by atoms with E-state index in [1.807, 2.05) is 13.8 Å². The van der Waals surface area contributed by atoms with Crippen LogP contribution < -0.4 is 10.1 Å². The zero-order chi connectivity index (χ0) is 11.1. The minimum Gasteiger partial charge on any atom is -0.474 e. The number of nitrogens with one attached hydrogen (secondary N) is 1. The summed E-state index contributed by atoms with van der Waals surface area (Å²) in [5, 5.41) is 3.27.